The van der Waals surface area contributed by atoms with Crippen molar-refractivity contribution in [2.24, 2.45) is 0 Å². The Morgan fingerprint density at radius 3 is 2.78 bits per heavy atom. The maximum Gasteiger partial charge on any atom is 0.287 e. The fraction of sp³-hybridized carbons (Fsp3) is 0.208. The third-order valence-electron chi connectivity index (χ3n) is 4.74. The van der Waals surface area contributed by atoms with Crippen LogP contribution in [0.5, 0.6) is 11.5 Å². The third-order valence-corrected chi connectivity index (χ3v) is 4.74. The number of ether oxygens (including phenoxy) is 2. The fourth-order valence-electron chi connectivity index (χ4n) is 3.25. The van der Waals surface area contributed by atoms with E-state index in [2.05, 4.69) is 10.3 Å². The minimum absolute atomic E-state index is 0.0971. The first-order chi connectivity index (χ1) is 15.5. The molecule has 0 aliphatic rings. The van der Waals surface area contributed by atoms with Gasteiger partial charge in [-0.15, -0.1) is 4.57 Å². The first kappa shape index (κ1) is 21.2. The number of hydrogen-bond donors (Lipinski definition) is 1. The van der Waals surface area contributed by atoms with Crippen LogP contribution in [0, 0.1) is 6.92 Å². The van der Waals surface area contributed by atoms with E-state index in [1.807, 2.05) is 31.2 Å². The number of fused-ring (bicyclic) bond motifs is 1. The molecule has 8 heteroatoms. The number of nitrogens with one attached hydrogen (secondary N) is 1. The Bertz CT molecular complexity index is 1310. The zero-order chi connectivity index (χ0) is 22.5. The number of carbonyl (C=O) groups is 1. The molecule has 8 nitrogen and oxygen atoms in total. The molecule has 0 radical (unpaired) electrons. The van der Waals surface area contributed by atoms with Crippen LogP contribution in [-0.2, 0) is 17.8 Å². The third kappa shape index (κ3) is 4.97. The topological polar surface area (TPSA) is 95.1 Å². The van der Waals surface area contributed by atoms with Crippen molar-refractivity contribution in [3.63, 3.8) is 0 Å². The van der Waals surface area contributed by atoms with Crippen LogP contribution >= 0.6 is 0 Å². The lowest BCUT2D eigenvalue weighted by molar-refractivity contribution is -0.118. The van der Waals surface area contributed by atoms with E-state index in [0.717, 1.165) is 16.6 Å². The van der Waals surface area contributed by atoms with Crippen molar-refractivity contribution in [2.75, 3.05) is 11.9 Å². The summed E-state index contributed by atoms with van der Waals surface area (Å²) < 4.78 is 17.8. The Kier molecular flexibility index (Phi) is 6.21. The fourth-order valence-corrected chi connectivity index (χ4v) is 3.25. The second kappa shape index (κ2) is 9.38. The van der Waals surface area contributed by atoms with Gasteiger partial charge in [0.2, 0.25) is 0 Å². The van der Waals surface area contributed by atoms with E-state index >= 15 is 0 Å². The molecule has 0 saturated heterocycles. The number of aryl methyl sites for hydroxylation is 2. The number of benzene rings is 2. The molecule has 0 spiro atoms. The van der Waals surface area contributed by atoms with Crippen LogP contribution in [-0.4, -0.2) is 22.1 Å². The lowest BCUT2D eigenvalue weighted by atomic mass is 10.1. The van der Waals surface area contributed by atoms with Crippen LogP contribution in [0.3, 0.4) is 0 Å². The number of para-hydroxylation sites is 1. The lowest BCUT2D eigenvalue weighted by Gasteiger charge is -2.11. The molecule has 0 aliphatic heterocycles. The van der Waals surface area contributed by atoms with E-state index in [1.165, 1.54) is 6.07 Å². The van der Waals surface area contributed by atoms with E-state index in [4.69, 9.17) is 14.0 Å². The molecular weight excluding hydrogens is 410 g/mol. The van der Waals surface area contributed by atoms with Crippen LogP contribution in [0.4, 0.5) is 5.69 Å². The Morgan fingerprint density at radius 2 is 1.94 bits per heavy atom. The second-order valence-corrected chi connectivity index (χ2v) is 7.20. The average molecular weight is 433 g/mol. The lowest BCUT2D eigenvalue weighted by Crippen LogP contribution is -2.20. The molecule has 0 fully saturated rings. The second-order valence-electron chi connectivity index (χ2n) is 7.20. The Morgan fingerprint density at radius 1 is 1.09 bits per heavy atom. The van der Waals surface area contributed by atoms with Gasteiger partial charge in [-0.1, -0.05) is 31.2 Å². The number of aromatic nitrogens is 2. The smallest absolute Gasteiger partial charge is 0.287 e. The molecular formula is C24H23N3O5. The van der Waals surface area contributed by atoms with Gasteiger partial charge in [0.1, 0.15) is 23.9 Å². The molecule has 2 aromatic carbocycles. The summed E-state index contributed by atoms with van der Waals surface area (Å²) >= 11 is 0. The minimum Gasteiger partial charge on any atom is -0.487 e. The average Bonchev–Trinajstić information content (AvgIpc) is 3.17. The predicted molar refractivity (Wildman–Crippen MR) is 119 cm³/mol. The maximum absolute atomic E-state index is 12.3. The summed E-state index contributed by atoms with van der Waals surface area (Å²) in [6.07, 6.45) is 0.825. The Balaban J connectivity index is 1.36. The van der Waals surface area contributed by atoms with Crippen molar-refractivity contribution >= 4 is 17.2 Å². The quantitative estimate of drug-likeness (QED) is 0.455. The molecule has 0 unspecified atom stereocenters. The van der Waals surface area contributed by atoms with Crippen molar-refractivity contribution in [1.29, 1.82) is 0 Å². The maximum atomic E-state index is 12.3. The highest BCUT2D eigenvalue weighted by Gasteiger charge is 2.09. The van der Waals surface area contributed by atoms with E-state index < -0.39 is 0 Å². The Labute approximate surface area is 184 Å². The van der Waals surface area contributed by atoms with Gasteiger partial charge in [0.15, 0.2) is 12.3 Å². The van der Waals surface area contributed by atoms with Crippen molar-refractivity contribution in [2.45, 2.75) is 26.9 Å². The van der Waals surface area contributed by atoms with Gasteiger partial charge in [-0.2, -0.15) is 0 Å². The van der Waals surface area contributed by atoms with Gasteiger partial charge in [0.25, 0.3) is 11.5 Å². The molecule has 4 aromatic rings. The van der Waals surface area contributed by atoms with Crippen LogP contribution in [0.2, 0.25) is 0 Å². The SMILES string of the molecule is CCc1ccccc1OCC(=O)Nc1cccc(OCc2cc(=O)n3oc(C)cc3n2)c1. The van der Waals surface area contributed by atoms with E-state index in [0.29, 0.717) is 34.3 Å². The molecule has 164 valence electrons. The first-order valence-electron chi connectivity index (χ1n) is 10.2. The number of hydrogen-bond acceptors (Lipinski definition) is 6. The zero-order valence-corrected chi connectivity index (χ0v) is 17.8. The summed E-state index contributed by atoms with van der Waals surface area (Å²) in [6, 6.07) is 17.7. The van der Waals surface area contributed by atoms with Crippen LogP contribution in [0.1, 0.15) is 23.9 Å². The van der Waals surface area contributed by atoms with Gasteiger partial charge >= 0.3 is 0 Å². The van der Waals surface area contributed by atoms with E-state index in [-0.39, 0.29) is 24.7 Å². The van der Waals surface area contributed by atoms with E-state index in [9.17, 15) is 9.59 Å². The van der Waals surface area contributed by atoms with Gasteiger partial charge in [-0.3, -0.25) is 9.59 Å². The first-order valence-corrected chi connectivity index (χ1v) is 10.2. The summed E-state index contributed by atoms with van der Waals surface area (Å²) in [5, 5.41) is 2.80. The van der Waals surface area contributed by atoms with Crippen LogP contribution in [0.15, 0.2) is 70.0 Å². The van der Waals surface area contributed by atoms with Crippen LogP contribution in [0.25, 0.3) is 5.65 Å². The van der Waals surface area contributed by atoms with Crippen molar-refractivity contribution in [1.82, 2.24) is 9.56 Å². The van der Waals surface area contributed by atoms with Crippen LogP contribution < -0.4 is 20.3 Å². The van der Waals surface area contributed by atoms with Gasteiger partial charge in [0, 0.05) is 23.9 Å². The molecule has 4 rings (SSSR count). The molecule has 32 heavy (non-hydrogen) atoms. The van der Waals surface area contributed by atoms with Gasteiger partial charge in [-0.05, 0) is 37.1 Å². The number of carbonyl (C=O) groups excluding carboxylic acids is 1. The zero-order valence-electron chi connectivity index (χ0n) is 17.8. The molecule has 2 aromatic heterocycles. The molecule has 1 amide bonds. The standard InChI is InChI=1S/C24H23N3O5/c1-3-17-7-4-5-10-21(17)31-15-23(28)26-18-8-6-9-20(12-18)30-14-19-13-24(29)27-22(25-19)11-16(2)32-27/h4-13H,3,14-15H2,1-2H3,(H,26,28). The van der Waals surface area contributed by atoms with Crippen molar-refractivity contribution in [3.05, 3.63) is 88.0 Å². The molecule has 0 saturated carbocycles. The Hall–Kier alpha value is -4.07. The minimum atomic E-state index is -0.313. The number of amides is 1. The number of anilines is 1. The molecule has 0 aliphatic carbocycles. The number of rotatable bonds is 8. The summed E-state index contributed by atoms with van der Waals surface area (Å²) in [5.41, 5.74) is 2.22. The van der Waals surface area contributed by atoms with E-state index in [1.54, 1.807) is 37.3 Å². The van der Waals surface area contributed by atoms with Gasteiger partial charge < -0.3 is 19.3 Å². The summed E-state index contributed by atoms with van der Waals surface area (Å²) in [6.45, 7) is 3.79. The largest absolute Gasteiger partial charge is 0.487 e. The van der Waals surface area contributed by atoms with Crippen molar-refractivity contribution in [3.8, 4) is 11.5 Å². The summed E-state index contributed by atoms with van der Waals surface area (Å²) in [4.78, 5) is 28.8. The predicted octanol–water partition coefficient (Wildman–Crippen LogP) is 3.75. The summed E-state index contributed by atoms with van der Waals surface area (Å²) in [7, 11) is 0. The molecule has 2 heterocycles. The highest BCUT2D eigenvalue weighted by atomic mass is 16.5. The number of nitrogens with zero attached hydrogens (tertiary/aromatic N) is 2. The highest BCUT2D eigenvalue weighted by Crippen LogP contribution is 2.20. The molecule has 0 atom stereocenters. The van der Waals surface area contributed by atoms with Crippen molar-refractivity contribution < 1.29 is 18.8 Å². The monoisotopic (exact) mass is 433 g/mol. The normalized spacial score (nSPS) is 10.8. The van der Waals surface area contributed by atoms with Gasteiger partial charge in [-0.25, -0.2) is 4.98 Å². The van der Waals surface area contributed by atoms with Gasteiger partial charge in [0.05, 0.1) is 5.69 Å². The summed E-state index contributed by atoms with van der Waals surface area (Å²) in [5.74, 6) is 1.56. The highest BCUT2D eigenvalue weighted by molar-refractivity contribution is 5.92. The molecule has 0 bridgehead atoms. The molecule has 1 N–H and O–H groups in total.